The zero-order valence-corrected chi connectivity index (χ0v) is 12.6. The maximum Gasteiger partial charge on any atom is 0.0821 e. The normalized spacial score (nSPS) is 13.9. The van der Waals surface area contributed by atoms with Crippen LogP contribution in [0.4, 0.5) is 5.69 Å². The van der Waals surface area contributed by atoms with Gasteiger partial charge in [0.2, 0.25) is 0 Å². The molecule has 0 aliphatic carbocycles. The standard InChI is InChI=1S/C16H20ClN3/c1-2-8-20-16(14(17)11-19-20)10-12-5-6-15-13(9-12)4-3-7-18-15/h5-6,9,11,18H,2-4,7-8,10H2,1H3. The van der Waals surface area contributed by atoms with Gasteiger partial charge in [0.05, 0.1) is 16.9 Å². The van der Waals surface area contributed by atoms with Crippen molar-refractivity contribution in [3.8, 4) is 0 Å². The third-order valence-electron chi connectivity index (χ3n) is 3.81. The molecule has 0 fully saturated rings. The molecule has 1 N–H and O–H groups in total. The van der Waals surface area contributed by atoms with Crippen LogP contribution in [0.15, 0.2) is 24.4 Å². The zero-order valence-electron chi connectivity index (χ0n) is 11.8. The quantitative estimate of drug-likeness (QED) is 0.925. The molecule has 2 aromatic rings. The molecule has 0 radical (unpaired) electrons. The second kappa shape index (κ2) is 5.88. The lowest BCUT2D eigenvalue weighted by Gasteiger charge is -2.18. The van der Waals surface area contributed by atoms with Gasteiger partial charge in [-0.1, -0.05) is 30.7 Å². The van der Waals surface area contributed by atoms with E-state index in [4.69, 9.17) is 11.6 Å². The summed E-state index contributed by atoms with van der Waals surface area (Å²) in [5.41, 5.74) is 5.14. The molecular formula is C16H20ClN3. The zero-order chi connectivity index (χ0) is 13.9. The molecule has 0 saturated heterocycles. The van der Waals surface area contributed by atoms with Crippen LogP contribution < -0.4 is 5.32 Å². The minimum absolute atomic E-state index is 0.772. The van der Waals surface area contributed by atoms with Crippen molar-refractivity contribution < 1.29 is 0 Å². The number of nitrogens with one attached hydrogen (secondary N) is 1. The van der Waals surface area contributed by atoms with E-state index in [1.165, 1.54) is 23.2 Å². The summed E-state index contributed by atoms with van der Waals surface area (Å²) in [6.45, 7) is 4.17. The fourth-order valence-electron chi connectivity index (χ4n) is 2.80. The number of nitrogens with zero attached hydrogens (tertiary/aromatic N) is 2. The number of hydrogen-bond acceptors (Lipinski definition) is 2. The fourth-order valence-corrected chi connectivity index (χ4v) is 3.01. The van der Waals surface area contributed by atoms with Gasteiger partial charge >= 0.3 is 0 Å². The Morgan fingerprint density at radius 2 is 2.30 bits per heavy atom. The lowest BCUT2D eigenvalue weighted by Crippen LogP contribution is -2.12. The van der Waals surface area contributed by atoms with Crippen LogP contribution in [-0.2, 0) is 19.4 Å². The van der Waals surface area contributed by atoms with E-state index < -0.39 is 0 Å². The molecule has 2 heterocycles. The van der Waals surface area contributed by atoms with Gasteiger partial charge in [0.1, 0.15) is 0 Å². The Hall–Kier alpha value is -1.48. The maximum atomic E-state index is 6.28. The molecule has 0 unspecified atom stereocenters. The molecule has 0 atom stereocenters. The maximum absolute atomic E-state index is 6.28. The molecule has 106 valence electrons. The van der Waals surface area contributed by atoms with Gasteiger partial charge in [-0.15, -0.1) is 0 Å². The van der Waals surface area contributed by atoms with Gasteiger partial charge in [0.25, 0.3) is 0 Å². The van der Waals surface area contributed by atoms with E-state index in [-0.39, 0.29) is 0 Å². The highest BCUT2D eigenvalue weighted by molar-refractivity contribution is 6.31. The smallest absolute Gasteiger partial charge is 0.0821 e. The Labute approximate surface area is 124 Å². The number of fused-ring (bicyclic) bond motifs is 1. The van der Waals surface area contributed by atoms with E-state index >= 15 is 0 Å². The number of halogens is 1. The van der Waals surface area contributed by atoms with Gasteiger partial charge in [-0.05, 0) is 36.5 Å². The Kier molecular flexibility index (Phi) is 3.97. The molecule has 0 saturated carbocycles. The van der Waals surface area contributed by atoms with Crippen LogP contribution in [0.3, 0.4) is 0 Å². The Balaban J connectivity index is 1.86. The molecule has 20 heavy (non-hydrogen) atoms. The van der Waals surface area contributed by atoms with Crippen LogP contribution in [-0.4, -0.2) is 16.3 Å². The van der Waals surface area contributed by atoms with Gasteiger partial charge < -0.3 is 5.32 Å². The Morgan fingerprint density at radius 3 is 3.15 bits per heavy atom. The number of rotatable bonds is 4. The minimum atomic E-state index is 0.772. The molecule has 0 amide bonds. The summed E-state index contributed by atoms with van der Waals surface area (Å²) in [7, 11) is 0. The number of hydrogen-bond donors (Lipinski definition) is 1. The van der Waals surface area contributed by atoms with E-state index in [0.29, 0.717) is 0 Å². The van der Waals surface area contributed by atoms with E-state index in [1.807, 2.05) is 4.68 Å². The lowest BCUT2D eigenvalue weighted by molar-refractivity contribution is 0.580. The summed E-state index contributed by atoms with van der Waals surface area (Å²) in [4.78, 5) is 0. The van der Waals surface area contributed by atoms with Crippen molar-refractivity contribution in [2.45, 2.75) is 39.2 Å². The summed E-state index contributed by atoms with van der Waals surface area (Å²) < 4.78 is 2.03. The summed E-state index contributed by atoms with van der Waals surface area (Å²) in [5, 5.41) is 8.58. The van der Waals surface area contributed by atoms with Gasteiger partial charge in [0, 0.05) is 25.2 Å². The largest absolute Gasteiger partial charge is 0.385 e. The van der Waals surface area contributed by atoms with Crippen molar-refractivity contribution in [3.05, 3.63) is 46.2 Å². The number of benzene rings is 1. The van der Waals surface area contributed by atoms with Crippen molar-refractivity contribution in [1.82, 2.24) is 9.78 Å². The molecule has 1 aromatic heterocycles. The first kappa shape index (κ1) is 13.5. The molecule has 1 aromatic carbocycles. The summed E-state index contributed by atoms with van der Waals surface area (Å²) in [6, 6.07) is 6.69. The minimum Gasteiger partial charge on any atom is -0.385 e. The molecule has 0 bridgehead atoms. The lowest BCUT2D eigenvalue weighted by atomic mass is 9.99. The average Bonchev–Trinajstić information content (AvgIpc) is 2.81. The van der Waals surface area contributed by atoms with Gasteiger partial charge in [-0.25, -0.2) is 0 Å². The molecule has 1 aliphatic rings. The first-order valence-electron chi connectivity index (χ1n) is 7.34. The van der Waals surface area contributed by atoms with Crippen LogP contribution in [0.2, 0.25) is 5.02 Å². The summed E-state index contributed by atoms with van der Waals surface area (Å²) >= 11 is 6.28. The highest BCUT2D eigenvalue weighted by Gasteiger charge is 2.12. The second-order valence-electron chi connectivity index (χ2n) is 5.36. The SMILES string of the molecule is CCCn1ncc(Cl)c1Cc1ccc2c(c1)CCCN2. The predicted molar refractivity (Wildman–Crippen MR) is 83.6 cm³/mol. The van der Waals surface area contributed by atoms with Crippen molar-refractivity contribution in [3.63, 3.8) is 0 Å². The average molecular weight is 290 g/mol. The van der Waals surface area contributed by atoms with Gasteiger partial charge in [-0.2, -0.15) is 5.10 Å². The molecule has 1 aliphatic heterocycles. The van der Waals surface area contributed by atoms with Crippen molar-refractivity contribution in [2.75, 3.05) is 11.9 Å². The molecule has 0 spiro atoms. The van der Waals surface area contributed by atoms with E-state index in [2.05, 4.69) is 35.5 Å². The monoisotopic (exact) mass is 289 g/mol. The van der Waals surface area contributed by atoms with E-state index in [9.17, 15) is 0 Å². The van der Waals surface area contributed by atoms with Crippen molar-refractivity contribution >= 4 is 17.3 Å². The number of aryl methyl sites for hydroxylation is 2. The van der Waals surface area contributed by atoms with Crippen LogP contribution in [0.5, 0.6) is 0 Å². The van der Waals surface area contributed by atoms with E-state index in [0.717, 1.165) is 43.1 Å². The number of aromatic nitrogens is 2. The second-order valence-corrected chi connectivity index (χ2v) is 5.77. The highest BCUT2D eigenvalue weighted by atomic mass is 35.5. The summed E-state index contributed by atoms with van der Waals surface area (Å²) in [5.74, 6) is 0. The molecule has 3 nitrogen and oxygen atoms in total. The third-order valence-corrected chi connectivity index (χ3v) is 4.13. The first-order valence-corrected chi connectivity index (χ1v) is 7.71. The summed E-state index contributed by atoms with van der Waals surface area (Å²) in [6.07, 6.45) is 6.06. The molecular weight excluding hydrogens is 270 g/mol. The van der Waals surface area contributed by atoms with Crippen LogP contribution in [0, 0.1) is 0 Å². The third kappa shape index (κ3) is 2.68. The number of anilines is 1. The van der Waals surface area contributed by atoms with Crippen molar-refractivity contribution in [1.29, 1.82) is 0 Å². The Bertz CT molecular complexity index is 604. The Morgan fingerprint density at radius 1 is 1.40 bits per heavy atom. The van der Waals surface area contributed by atoms with Crippen LogP contribution in [0.25, 0.3) is 0 Å². The van der Waals surface area contributed by atoms with Gasteiger partial charge in [0.15, 0.2) is 0 Å². The van der Waals surface area contributed by atoms with Crippen LogP contribution in [0.1, 0.15) is 36.6 Å². The fraction of sp³-hybridized carbons (Fsp3) is 0.438. The molecule has 3 rings (SSSR count). The highest BCUT2D eigenvalue weighted by Crippen LogP contribution is 2.25. The van der Waals surface area contributed by atoms with Gasteiger partial charge in [-0.3, -0.25) is 4.68 Å². The van der Waals surface area contributed by atoms with E-state index in [1.54, 1.807) is 6.20 Å². The van der Waals surface area contributed by atoms with Crippen LogP contribution >= 0.6 is 11.6 Å². The predicted octanol–water partition coefficient (Wildman–Crippen LogP) is 3.90. The first-order chi connectivity index (χ1) is 9.78. The topological polar surface area (TPSA) is 29.9 Å². The van der Waals surface area contributed by atoms with Crippen molar-refractivity contribution in [2.24, 2.45) is 0 Å². The molecule has 4 heteroatoms.